The summed E-state index contributed by atoms with van der Waals surface area (Å²) in [7, 11) is -3.68. The van der Waals surface area contributed by atoms with Gasteiger partial charge in [0.2, 0.25) is 0 Å². The number of benzene rings is 2. The first-order chi connectivity index (χ1) is 15.2. The van der Waals surface area contributed by atoms with Crippen LogP contribution in [0.4, 0.5) is 5.69 Å². The number of rotatable bonds is 10. The quantitative estimate of drug-likeness (QED) is 0.421. The van der Waals surface area contributed by atoms with Crippen molar-refractivity contribution in [1.29, 1.82) is 0 Å². The van der Waals surface area contributed by atoms with Crippen molar-refractivity contribution in [3.8, 4) is 0 Å². The monoisotopic (exact) mass is 474 g/mol. The average molecular weight is 475 g/mol. The molecule has 0 atom stereocenters. The van der Waals surface area contributed by atoms with Crippen molar-refractivity contribution in [2.45, 2.75) is 45.1 Å². The molecule has 172 valence electrons. The van der Waals surface area contributed by atoms with Gasteiger partial charge in [0.1, 0.15) is 0 Å². The van der Waals surface area contributed by atoms with Gasteiger partial charge in [-0.15, -0.1) is 11.3 Å². The Morgan fingerprint density at radius 1 is 1.12 bits per heavy atom. The highest BCUT2D eigenvalue weighted by atomic mass is 32.2. The number of aryl methyl sites for hydroxylation is 1. The number of ether oxygens (including phenoxy) is 1. The zero-order valence-corrected chi connectivity index (χ0v) is 20.6. The molecule has 1 N–H and O–H groups in total. The predicted octanol–water partition coefficient (Wildman–Crippen LogP) is 4.97. The molecule has 8 heteroatoms. The molecular formula is C24H30N2O4S2. The first kappa shape index (κ1) is 24.2. The SMILES string of the molecule is CCN(c1ccc2sc(C(=O)NCCCOC(C)C)cc2c1)S(=O)(=O)c1ccc(C)cc1. The van der Waals surface area contributed by atoms with Crippen LogP contribution < -0.4 is 9.62 Å². The second kappa shape index (κ2) is 10.5. The number of thiophene rings is 1. The van der Waals surface area contributed by atoms with E-state index in [1.54, 1.807) is 30.3 Å². The molecule has 0 radical (unpaired) electrons. The minimum Gasteiger partial charge on any atom is -0.379 e. The van der Waals surface area contributed by atoms with Crippen molar-refractivity contribution in [3.05, 3.63) is 59.0 Å². The van der Waals surface area contributed by atoms with Crippen LogP contribution in [0.25, 0.3) is 10.1 Å². The molecular weight excluding hydrogens is 444 g/mol. The summed E-state index contributed by atoms with van der Waals surface area (Å²) in [6.45, 7) is 9.15. The lowest BCUT2D eigenvalue weighted by Crippen LogP contribution is -2.30. The minimum absolute atomic E-state index is 0.128. The van der Waals surface area contributed by atoms with Gasteiger partial charge in [0.15, 0.2) is 0 Å². The number of anilines is 1. The Morgan fingerprint density at radius 3 is 2.50 bits per heavy atom. The fraction of sp³-hybridized carbons (Fsp3) is 0.375. The maximum absolute atomic E-state index is 13.2. The van der Waals surface area contributed by atoms with E-state index in [9.17, 15) is 13.2 Å². The molecule has 0 unspecified atom stereocenters. The van der Waals surface area contributed by atoms with Crippen LogP contribution in [0.2, 0.25) is 0 Å². The smallest absolute Gasteiger partial charge is 0.264 e. The highest BCUT2D eigenvalue weighted by Crippen LogP contribution is 2.31. The minimum atomic E-state index is -3.68. The number of hydrogen-bond donors (Lipinski definition) is 1. The van der Waals surface area contributed by atoms with Gasteiger partial charge in [-0.1, -0.05) is 17.7 Å². The Labute approximate surface area is 194 Å². The van der Waals surface area contributed by atoms with Crippen LogP contribution in [0.5, 0.6) is 0 Å². The maximum Gasteiger partial charge on any atom is 0.264 e. The van der Waals surface area contributed by atoms with Crippen molar-refractivity contribution in [2.24, 2.45) is 0 Å². The molecule has 2 aromatic carbocycles. The number of carbonyl (C=O) groups is 1. The molecule has 0 aliphatic rings. The molecule has 1 aromatic heterocycles. The van der Waals surface area contributed by atoms with Crippen molar-refractivity contribution >= 4 is 43.0 Å². The van der Waals surface area contributed by atoms with Crippen LogP contribution in [0.3, 0.4) is 0 Å². The second-order valence-corrected chi connectivity index (χ2v) is 10.8. The van der Waals surface area contributed by atoms with Crippen molar-refractivity contribution in [1.82, 2.24) is 5.32 Å². The van der Waals surface area contributed by atoms with Gasteiger partial charge in [-0.05, 0) is 75.9 Å². The van der Waals surface area contributed by atoms with Gasteiger partial charge in [-0.3, -0.25) is 9.10 Å². The van der Waals surface area contributed by atoms with Crippen LogP contribution in [-0.4, -0.2) is 40.1 Å². The number of nitrogens with zero attached hydrogens (tertiary/aromatic N) is 1. The van der Waals surface area contributed by atoms with E-state index >= 15 is 0 Å². The molecule has 3 rings (SSSR count). The van der Waals surface area contributed by atoms with Crippen LogP contribution in [0, 0.1) is 6.92 Å². The fourth-order valence-corrected chi connectivity index (χ4v) is 5.73. The predicted molar refractivity (Wildman–Crippen MR) is 131 cm³/mol. The standard InChI is InChI=1S/C24H30N2O4S2/c1-5-26(32(28,29)21-10-7-18(4)8-11-21)20-9-12-22-19(15-20)16-23(31-22)24(27)25-13-6-14-30-17(2)3/h7-12,15-17H,5-6,13-14H2,1-4H3,(H,25,27). The summed E-state index contributed by atoms with van der Waals surface area (Å²) in [5, 5.41) is 3.76. The normalized spacial score (nSPS) is 11.8. The molecule has 32 heavy (non-hydrogen) atoms. The number of hydrogen-bond acceptors (Lipinski definition) is 5. The summed E-state index contributed by atoms with van der Waals surface area (Å²) < 4.78 is 34.2. The third kappa shape index (κ3) is 5.68. The van der Waals surface area contributed by atoms with Crippen molar-refractivity contribution in [3.63, 3.8) is 0 Å². The van der Waals surface area contributed by atoms with Gasteiger partial charge in [-0.2, -0.15) is 0 Å². The number of fused-ring (bicyclic) bond motifs is 1. The third-order valence-electron chi connectivity index (χ3n) is 4.97. The Morgan fingerprint density at radius 2 is 1.84 bits per heavy atom. The first-order valence-corrected chi connectivity index (χ1v) is 13.0. The molecule has 0 aliphatic carbocycles. The Hall–Kier alpha value is -2.42. The Balaban J connectivity index is 1.77. The molecule has 0 spiro atoms. The number of amides is 1. The van der Waals surface area contributed by atoms with Gasteiger partial charge in [0, 0.05) is 24.4 Å². The van der Waals surface area contributed by atoms with Crippen molar-refractivity contribution in [2.75, 3.05) is 24.0 Å². The van der Waals surface area contributed by atoms with E-state index in [0.717, 1.165) is 22.1 Å². The number of carbonyl (C=O) groups excluding carboxylic acids is 1. The van der Waals surface area contributed by atoms with Crippen molar-refractivity contribution < 1.29 is 17.9 Å². The maximum atomic E-state index is 13.2. The van der Waals surface area contributed by atoms with Crippen LogP contribution in [0.1, 0.15) is 42.4 Å². The highest BCUT2D eigenvalue weighted by Gasteiger charge is 2.24. The van der Waals surface area contributed by atoms with Gasteiger partial charge in [0.05, 0.1) is 21.6 Å². The molecule has 0 saturated carbocycles. The first-order valence-electron chi connectivity index (χ1n) is 10.7. The van der Waals surface area contributed by atoms with Crippen LogP contribution >= 0.6 is 11.3 Å². The van der Waals surface area contributed by atoms with Gasteiger partial charge in [-0.25, -0.2) is 8.42 Å². The Kier molecular flexibility index (Phi) is 7.92. The fourth-order valence-electron chi connectivity index (χ4n) is 3.31. The zero-order chi connectivity index (χ0) is 23.3. The molecule has 0 aliphatic heterocycles. The summed E-state index contributed by atoms with van der Waals surface area (Å²) in [5.74, 6) is -0.128. The van der Waals surface area contributed by atoms with E-state index in [1.165, 1.54) is 15.6 Å². The molecule has 3 aromatic rings. The van der Waals surface area contributed by atoms with Crippen LogP contribution in [0.15, 0.2) is 53.4 Å². The number of sulfonamides is 1. The lowest BCUT2D eigenvalue weighted by molar-refractivity contribution is 0.0757. The topological polar surface area (TPSA) is 75.7 Å². The Bertz CT molecular complexity index is 1170. The summed E-state index contributed by atoms with van der Waals surface area (Å²) in [5.41, 5.74) is 1.58. The third-order valence-corrected chi connectivity index (χ3v) is 8.00. The summed E-state index contributed by atoms with van der Waals surface area (Å²) in [6, 6.07) is 14.2. The zero-order valence-electron chi connectivity index (χ0n) is 18.9. The summed E-state index contributed by atoms with van der Waals surface area (Å²) >= 11 is 1.40. The van der Waals surface area contributed by atoms with E-state index < -0.39 is 10.0 Å². The number of nitrogens with one attached hydrogen (secondary N) is 1. The second-order valence-electron chi connectivity index (χ2n) is 7.84. The van der Waals surface area contributed by atoms with E-state index in [1.807, 2.05) is 45.9 Å². The average Bonchev–Trinajstić information content (AvgIpc) is 3.17. The summed E-state index contributed by atoms with van der Waals surface area (Å²) in [6.07, 6.45) is 0.932. The van der Waals surface area contributed by atoms with Gasteiger partial charge >= 0.3 is 0 Å². The van der Waals surface area contributed by atoms with Gasteiger partial charge < -0.3 is 10.1 Å². The van der Waals surface area contributed by atoms with E-state index in [-0.39, 0.29) is 16.9 Å². The molecule has 1 heterocycles. The molecule has 0 saturated heterocycles. The lowest BCUT2D eigenvalue weighted by Gasteiger charge is -2.23. The molecule has 0 bridgehead atoms. The van der Waals surface area contributed by atoms with Gasteiger partial charge in [0.25, 0.3) is 15.9 Å². The lowest BCUT2D eigenvalue weighted by atomic mass is 10.2. The van der Waals surface area contributed by atoms with E-state index in [2.05, 4.69) is 5.32 Å². The molecule has 1 amide bonds. The highest BCUT2D eigenvalue weighted by molar-refractivity contribution is 7.92. The molecule has 6 nitrogen and oxygen atoms in total. The van der Waals surface area contributed by atoms with Crippen LogP contribution in [-0.2, 0) is 14.8 Å². The van der Waals surface area contributed by atoms with E-state index in [0.29, 0.717) is 30.3 Å². The summed E-state index contributed by atoms with van der Waals surface area (Å²) in [4.78, 5) is 13.4. The largest absolute Gasteiger partial charge is 0.379 e. The molecule has 0 fully saturated rings. The van der Waals surface area contributed by atoms with E-state index in [4.69, 9.17) is 4.74 Å².